The zero-order valence-electron chi connectivity index (χ0n) is 10.4. The van der Waals surface area contributed by atoms with E-state index in [9.17, 15) is 13.2 Å². The monoisotopic (exact) mass is 280 g/mol. The van der Waals surface area contributed by atoms with Crippen LogP contribution in [0.25, 0.3) is 5.69 Å². The minimum absolute atomic E-state index is 0.120. The molecular formula is C12H12N2O4S. The molecule has 7 heteroatoms. The molecule has 2 rings (SSSR count). The predicted octanol–water partition coefficient (Wildman–Crippen LogP) is 1.28. The zero-order chi connectivity index (χ0) is 14.2. The van der Waals surface area contributed by atoms with E-state index in [1.807, 2.05) is 0 Å². The number of rotatable bonds is 3. The average molecular weight is 280 g/mol. The molecule has 0 aliphatic heterocycles. The van der Waals surface area contributed by atoms with Crippen molar-refractivity contribution in [1.29, 1.82) is 0 Å². The molecule has 0 fully saturated rings. The molecule has 19 heavy (non-hydrogen) atoms. The van der Waals surface area contributed by atoms with Crippen LogP contribution in [0.4, 0.5) is 0 Å². The second kappa shape index (κ2) is 4.51. The number of nitrogens with zero attached hydrogens (tertiary/aromatic N) is 2. The van der Waals surface area contributed by atoms with Crippen molar-refractivity contribution >= 4 is 15.8 Å². The maximum absolute atomic E-state index is 11.4. The topological polar surface area (TPSA) is 89.3 Å². The quantitative estimate of drug-likeness (QED) is 0.914. The molecular weight excluding hydrogens is 268 g/mol. The fourth-order valence-electron chi connectivity index (χ4n) is 1.68. The van der Waals surface area contributed by atoms with Gasteiger partial charge >= 0.3 is 5.97 Å². The van der Waals surface area contributed by atoms with Crippen LogP contribution < -0.4 is 0 Å². The van der Waals surface area contributed by atoms with Gasteiger partial charge in [0.05, 0.1) is 17.4 Å². The van der Waals surface area contributed by atoms with E-state index in [1.165, 1.54) is 29.2 Å². The Balaban J connectivity index is 2.48. The van der Waals surface area contributed by atoms with Gasteiger partial charge in [0.25, 0.3) is 0 Å². The third-order valence-electron chi connectivity index (χ3n) is 2.68. The van der Waals surface area contributed by atoms with Crippen molar-refractivity contribution in [2.45, 2.75) is 11.8 Å². The lowest BCUT2D eigenvalue weighted by atomic mass is 10.1. The number of benzene rings is 1. The van der Waals surface area contributed by atoms with Crippen LogP contribution in [-0.4, -0.2) is 35.5 Å². The lowest BCUT2D eigenvalue weighted by molar-refractivity contribution is 0.0697. The molecule has 1 heterocycles. The van der Waals surface area contributed by atoms with Crippen LogP contribution in [0.15, 0.2) is 35.5 Å². The van der Waals surface area contributed by atoms with Crippen LogP contribution in [0.2, 0.25) is 0 Å². The number of hydrogen-bond acceptors (Lipinski definition) is 4. The second-order valence-electron chi connectivity index (χ2n) is 4.20. The highest BCUT2D eigenvalue weighted by atomic mass is 32.2. The minimum atomic E-state index is -3.30. The van der Waals surface area contributed by atoms with E-state index in [-0.39, 0.29) is 10.5 Å². The van der Waals surface area contributed by atoms with Gasteiger partial charge in [-0.25, -0.2) is 17.9 Å². The maximum atomic E-state index is 11.4. The first-order valence-electron chi connectivity index (χ1n) is 5.38. The van der Waals surface area contributed by atoms with E-state index in [2.05, 4.69) is 5.10 Å². The van der Waals surface area contributed by atoms with Crippen LogP contribution >= 0.6 is 0 Å². The Labute approximate surface area is 110 Å². The van der Waals surface area contributed by atoms with E-state index in [0.717, 1.165) is 6.26 Å². The zero-order valence-corrected chi connectivity index (χ0v) is 11.2. The highest BCUT2D eigenvalue weighted by molar-refractivity contribution is 7.90. The van der Waals surface area contributed by atoms with Crippen LogP contribution in [0.5, 0.6) is 0 Å². The number of aromatic carboxylic acids is 1. The fourth-order valence-corrected chi connectivity index (χ4v) is 2.20. The number of aryl methyl sites for hydroxylation is 1. The smallest absolute Gasteiger partial charge is 0.335 e. The molecule has 0 unspecified atom stereocenters. The van der Waals surface area contributed by atoms with Crippen LogP contribution in [-0.2, 0) is 9.84 Å². The number of hydrogen-bond donors (Lipinski definition) is 1. The van der Waals surface area contributed by atoms with Crippen molar-refractivity contribution in [2.24, 2.45) is 0 Å². The van der Waals surface area contributed by atoms with Crippen LogP contribution in [0.1, 0.15) is 15.9 Å². The molecule has 1 N–H and O–H groups in total. The first-order valence-corrected chi connectivity index (χ1v) is 7.27. The summed E-state index contributed by atoms with van der Waals surface area (Å²) in [6.45, 7) is 1.74. The number of carboxylic acid groups (broad SMARTS) is 1. The fraction of sp³-hybridized carbons (Fsp3) is 0.167. The molecule has 0 atom stereocenters. The molecule has 2 aromatic rings. The van der Waals surface area contributed by atoms with Gasteiger partial charge in [-0.05, 0) is 30.7 Å². The van der Waals surface area contributed by atoms with Crippen molar-refractivity contribution < 1.29 is 18.3 Å². The van der Waals surface area contributed by atoms with Gasteiger partial charge in [0.1, 0.15) is 4.90 Å². The van der Waals surface area contributed by atoms with Crippen LogP contribution in [0.3, 0.4) is 0 Å². The Morgan fingerprint density at radius 3 is 2.53 bits per heavy atom. The Morgan fingerprint density at radius 2 is 2.05 bits per heavy atom. The number of sulfone groups is 1. The summed E-state index contributed by atoms with van der Waals surface area (Å²) >= 11 is 0. The standard InChI is InChI=1S/C12H12N2O4S/c1-8-5-9(12(15)16)3-4-11(8)14-7-10(6-13-14)19(2,17)18/h3-7H,1-2H3,(H,15,16). The molecule has 0 bridgehead atoms. The maximum Gasteiger partial charge on any atom is 0.335 e. The van der Waals surface area contributed by atoms with Gasteiger partial charge < -0.3 is 5.11 Å². The van der Waals surface area contributed by atoms with Crippen molar-refractivity contribution in [3.63, 3.8) is 0 Å². The summed E-state index contributed by atoms with van der Waals surface area (Å²) in [6, 6.07) is 4.56. The molecule has 1 aromatic heterocycles. The normalized spacial score (nSPS) is 11.5. The summed E-state index contributed by atoms with van der Waals surface area (Å²) in [7, 11) is -3.30. The third kappa shape index (κ3) is 2.65. The minimum Gasteiger partial charge on any atom is -0.478 e. The molecule has 0 saturated heterocycles. The van der Waals surface area contributed by atoms with E-state index in [1.54, 1.807) is 13.0 Å². The number of aromatic nitrogens is 2. The molecule has 100 valence electrons. The summed E-state index contributed by atoms with van der Waals surface area (Å²) in [6.07, 6.45) is 3.77. The van der Waals surface area contributed by atoms with E-state index in [4.69, 9.17) is 5.11 Å². The molecule has 0 amide bonds. The number of carboxylic acids is 1. The molecule has 0 radical (unpaired) electrons. The summed E-state index contributed by atoms with van der Waals surface area (Å²) in [5.41, 5.74) is 1.51. The van der Waals surface area contributed by atoms with Gasteiger partial charge in [-0.3, -0.25) is 0 Å². The average Bonchev–Trinajstić information content (AvgIpc) is 2.77. The third-order valence-corrected chi connectivity index (χ3v) is 3.74. The Hall–Kier alpha value is -2.15. The molecule has 0 spiro atoms. The molecule has 6 nitrogen and oxygen atoms in total. The molecule has 1 aromatic carbocycles. The Morgan fingerprint density at radius 1 is 1.37 bits per heavy atom. The second-order valence-corrected chi connectivity index (χ2v) is 6.21. The predicted molar refractivity (Wildman–Crippen MR) is 68.4 cm³/mol. The van der Waals surface area contributed by atoms with Gasteiger partial charge in [0.2, 0.25) is 0 Å². The van der Waals surface area contributed by atoms with E-state index >= 15 is 0 Å². The lowest BCUT2D eigenvalue weighted by Crippen LogP contribution is -2.02. The Bertz CT molecular complexity index is 747. The number of carbonyl (C=O) groups is 1. The summed E-state index contributed by atoms with van der Waals surface area (Å²) in [4.78, 5) is 11.0. The largest absolute Gasteiger partial charge is 0.478 e. The van der Waals surface area contributed by atoms with Gasteiger partial charge in [-0.1, -0.05) is 0 Å². The van der Waals surface area contributed by atoms with Crippen molar-refractivity contribution in [2.75, 3.05) is 6.26 Å². The van der Waals surface area contributed by atoms with Gasteiger partial charge in [0.15, 0.2) is 9.84 Å². The van der Waals surface area contributed by atoms with E-state index in [0.29, 0.717) is 11.3 Å². The SMILES string of the molecule is Cc1cc(C(=O)O)ccc1-n1cc(S(C)(=O)=O)cn1. The molecule has 0 aliphatic carbocycles. The first kappa shape index (κ1) is 13.3. The molecule has 0 aliphatic rings. The van der Waals surface area contributed by atoms with Gasteiger partial charge in [-0.2, -0.15) is 5.10 Å². The first-order chi connectivity index (χ1) is 8.79. The van der Waals surface area contributed by atoms with Crippen molar-refractivity contribution in [3.8, 4) is 5.69 Å². The summed E-state index contributed by atoms with van der Waals surface area (Å²) in [5, 5.41) is 12.9. The summed E-state index contributed by atoms with van der Waals surface area (Å²) in [5.74, 6) is -1.01. The van der Waals surface area contributed by atoms with E-state index < -0.39 is 15.8 Å². The Kier molecular flexibility index (Phi) is 3.15. The lowest BCUT2D eigenvalue weighted by Gasteiger charge is -2.06. The van der Waals surface area contributed by atoms with Gasteiger partial charge in [-0.15, -0.1) is 0 Å². The van der Waals surface area contributed by atoms with Gasteiger partial charge in [0, 0.05) is 12.5 Å². The van der Waals surface area contributed by atoms with Crippen LogP contribution in [0, 0.1) is 6.92 Å². The molecule has 0 saturated carbocycles. The highest BCUT2D eigenvalue weighted by Gasteiger charge is 2.12. The van der Waals surface area contributed by atoms with Crippen molar-refractivity contribution in [3.05, 3.63) is 41.7 Å². The summed E-state index contributed by atoms with van der Waals surface area (Å²) < 4.78 is 24.2. The highest BCUT2D eigenvalue weighted by Crippen LogP contribution is 2.17. The van der Waals surface area contributed by atoms with Crippen molar-refractivity contribution in [1.82, 2.24) is 9.78 Å².